The molecule has 0 radical (unpaired) electrons. The number of phenols is 1. The van der Waals surface area contributed by atoms with E-state index in [9.17, 15) is 23.9 Å². The van der Waals surface area contributed by atoms with Gasteiger partial charge in [0.25, 0.3) is 11.8 Å². The van der Waals surface area contributed by atoms with Gasteiger partial charge in [-0.2, -0.15) is 5.01 Å². The monoisotopic (exact) mass is 735 g/mol. The van der Waals surface area contributed by atoms with E-state index in [1.54, 1.807) is 72.8 Å². The summed E-state index contributed by atoms with van der Waals surface area (Å²) in [6, 6.07) is 23.8. The summed E-state index contributed by atoms with van der Waals surface area (Å²) in [5, 5.41) is 13.8. The number of amides is 4. The highest BCUT2D eigenvalue weighted by Gasteiger charge is 2.70. The molecular formula is C41H32Cl2FN3O5. The minimum atomic E-state index is -1.62. The van der Waals surface area contributed by atoms with Gasteiger partial charge in [0.2, 0.25) is 11.8 Å². The highest BCUT2D eigenvalue weighted by molar-refractivity contribution is 6.31. The molecule has 0 spiro atoms. The Labute approximate surface area is 309 Å². The molecule has 6 unspecified atom stereocenters. The molecule has 1 saturated carbocycles. The lowest BCUT2D eigenvalue weighted by Gasteiger charge is -2.50. The van der Waals surface area contributed by atoms with Crippen LogP contribution >= 0.6 is 23.2 Å². The highest BCUT2D eigenvalue weighted by atomic mass is 35.5. The molecule has 3 fully saturated rings. The SMILES string of the molecule is C=CCc1cccc(C2C3=CCC4C(=O)N(c5ccc(Cl)cc5)C(=O)C4C3CC3C(=O)N(Nc4ccc(F)cc4)C(=O)C32c2ccc(Cl)cc2)c1O. The zero-order valence-corrected chi connectivity index (χ0v) is 29.2. The Morgan fingerprint density at radius 1 is 0.865 bits per heavy atom. The molecule has 0 bridgehead atoms. The van der Waals surface area contributed by atoms with Crippen LogP contribution in [0.25, 0.3) is 0 Å². The number of phenolic OH excluding ortho intramolecular Hbond substituents is 1. The first-order valence-electron chi connectivity index (χ1n) is 17.0. The van der Waals surface area contributed by atoms with Crippen molar-refractivity contribution in [1.82, 2.24) is 5.01 Å². The summed E-state index contributed by atoms with van der Waals surface area (Å²) < 4.78 is 13.9. The van der Waals surface area contributed by atoms with Crippen molar-refractivity contribution in [1.29, 1.82) is 0 Å². The van der Waals surface area contributed by atoms with Gasteiger partial charge in [-0.05, 0) is 97.0 Å². The van der Waals surface area contributed by atoms with E-state index in [-0.39, 0.29) is 24.5 Å². The van der Waals surface area contributed by atoms with E-state index in [0.717, 1.165) is 5.01 Å². The molecule has 4 aliphatic rings. The largest absolute Gasteiger partial charge is 0.507 e. The van der Waals surface area contributed by atoms with E-state index < -0.39 is 58.5 Å². The van der Waals surface area contributed by atoms with Gasteiger partial charge in [0.1, 0.15) is 11.6 Å². The smallest absolute Gasteiger partial charge is 0.260 e. The third-order valence-electron chi connectivity index (χ3n) is 11.2. The Morgan fingerprint density at radius 2 is 1.54 bits per heavy atom. The minimum absolute atomic E-state index is 0.0510. The summed E-state index contributed by atoms with van der Waals surface area (Å²) in [7, 11) is 0. The number of hydrazine groups is 1. The first kappa shape index (κ1) is 33.9. The number of imide groups is 2. The van der Waals surface area contributed by atoms with Gasteiger partial charge in [0.05, 0.1) is 34.5 Å². The average Bonchev–Trinajstić information content (AvgIpc) is 3.52. The van der Waals surface area contributed by atoms with Crippen molar-refractivity contribution in [2.24, 2.45) is 23.7 Å². The van der Waals surface area contributed by atoms with Gasteiger partial charge >= 0.3 is 0 Å². The summed E-state index contributed by atoms with van der Waals surface area (Å²) in [4.78, 5) is 59.7. The highest BCUT2D eigenvalue weighted by Crippen LogP contribution is 2.65. The zero-order chi connectivity index (χ0) is 36.5. The molecule has 0 aromatic heterocycles. The maximum Gasteiger partial charge on any atom is 0.260 e. The van der Waals surface area contributed by atoms with Gasteiger partial charge in [0.15, 0.2) is 0 Å². The van der Waals surface area contributed by atoms with Crippen LogP contribution in [0.4, 0.5) is 15.8 Å². The normalized spacial score (nSPS) is 26.5. The number of halogens is 3. The van der Waals surface area contributed by atoms with Crippen molar-refractivity contribution in [3.8, 4) is 5.75 Å². The molecule has 6 atom stereocenters. The van der Waals surface area contributed by atoms with Crippen molar-refractivity contribution in [2.75, 3.05) is 10.3 Å². The van der Waals surface area contributed by atoms with E-state index in [4.69, 9.17) is 23.2 Å². The van der Waals surface area contributed by atoms with E-state index in [2.05, 4.69) is 12.0 Å². The van der Waals surface area contributed by atoms with Crippen molar-refractivity contribution < 1.29 is 28.7 Å². The summed E-state index contributed by atoms with van der Waals surface area (Å²) in [5.41, 5.74) is 4.20. The number of carbonyl (C=O) groups is 4. The predicted octanol–water partition coefficient (Wildman–Crippen LogP) is 7.76. The molecular weight excluding hydrogens is 704 g/mol. The second-order valence-electron chi connectivity index (χ2n) is 13.7. The Hall–Kier alpha value is -5.25. The number of rotatable bonds is 7. The molecule has 2 saturated heterocycles. The van der Waals surface area contributed by atoms with Crippen LogP contribution in [0.5, 0.6) is 5.75 Å². The molecule has 4 aromatic rings. The molecule has 2 heterocycles. The van der Waals surface area contributed by atoms with Crippen LogP contribution in [0.3, 0.4) is 0 Å². The molecule has 2 aliphatic carbocycles. The molecule has 11 heteroatoms. The van der Waals surface area contributed by atoms with Gasteiger partial charge in [-0.15, -0.1) is 6.58 Å². The van der Waals surface area contributed by atoms with Crippen LogP contribution in [-0.4, -0.2) is 33.7 Å². The van der Waals surface area contributed by atoms with Crippen LogP contribution in [0.1, 0.15) is 35.4 Å². The second-order valence-corrected chi connectivity index (χ2v) is 14.6. The molecule has 2 aliphatic heterocycles. The fourth-order valence-corrected chi connectivity index (χ4v) is 9.26. The predicted molar refractivity (Wildman–Crippen MR) is 195 cm³/mol. The number of anilines is 2. The van der Waals surface area contributed by atoms with Crippen molar-refractivity contribution in [3.63, 3.8) is 0 Å². The standard InChI is InChI=1S/C41H32Cl2FN3O5/c1-2-4-22-5-3-6-31(36(22)48)35-29-19-20-30-34(39(51)46(37(30)49)28-17-11-25(43)12-18-28)32(29)21-33-38(50)47(45-27-15-13-26(44)14-16-27)40(52)41(33,35)23-7-9-24(42)10-8-23/h2-3,5-19,30,32-35,45,48H,1,4,20-21H2. The number of hydrogen-bond donors (Lipinski definition) is 2. The Bertz CT molecular complexity index is 2190. The maximum absolute atomic E-state index is 15.3. The lowest BCUT2D eigenvalue weighted by Crippen LogP contribution is -2.53. The fourth-order valence-electron chi connectivity index (χ4n) is 9.01. The third kappa shape index (κ3) is 5.01. The number of aromatic hydroxyl groups is 1. The van der Waals surface area contributed by atoms with Gasteiger partial charge < -0.3 is 5.11 Å². The Balaban J connectivity index is 1.34. The van der Waals surface area contributed by atoms with E-state index in [0.29, 0.717) is 50.1 Å². The molecule has 8 rings (SSSR count). The van der Waals surface area contributed by atoms with Crippen LogP contribution in [0.2, 0.25) is 10.0 Å². The number of carbonyl (C=O) groups excluding carboxylic acids is 4. The molecule has 52 heavy (non-hydrogen) atoms. The van der Waals surface area contributed by atoms with Crippen LogP contribution in [0.15, 0.2) is 115 Å². The number of hydrogen-bond acceptors (Lipinski definition) is 6. The average molecular weight is 737 g/mol. The van der Waals surface area contributed by atoms with Gasteiger partial charge in [-0.1, -0.05) is 71.3 Å². The van der Waals surface area contributed by atoms with Crippen molar-refractivity contribution >= 4 is 58.2 Å². The van der Waals surface area contributed by atoms with E-state index >= 15 is 4.79 Å². The Morgan fingerprint density at radius 3 is 2.21 bits per heavy atom. The van der Waals surface area contributed by atoms with E-state index in [1.807, 2.05) is 6.08 Å². The number of allylic oxidation sites excluding steroid dienone is 3. The Kier molecular flexibility index (Phi) is 8.31. The fraction of sp³-hybridized carbons (Fsp3) is 0.220. The molecule has 4 aromatic carbocycles. The minimum Gasteiger partial charge on any atom is -0.507 e. The lowest BCUT2D eigenvalue weighted by atomic mass is 9.49. The number of nitrogens with one attached hydrogen (secondary N) is 1. The topological polar surface area (TPSA) is 107 Å². The van der Waals surface area contributed by atoms with Crippen LogP contribution in [0, 0.1) is 29.5 Å². The number of nitrogens with zero attached hydrogens (tertiary/aromatic N) is 2. The number of fused-ring (bicyclic) bond motifs is 4. The van der Waals surface area contributed by atoms with Gasteiger partial charge in [-0.3, -0.25) is 29.5 Å². The van der Waals surface area contributed by atoms with Crippen molar-refractivity contribution in [3.05, 3.63) is 148 Å². The molecule has 4 amide bonds. The summed E-state index contributed by atoms with van der Waals surface area (Å²) >= 11 is 12.5. The van der Waals surface area contributed by atoms with Crippen molar-refractivity contribution in [2.45, 2.75) is 30.6 Å². The molecule has 8 nitrogen and oxygen atoms in total. The number of para-hydroxylation sites is 1. The molecule has 262 valence electrons. The molecule has 2 N–H and O–H groups in total. The summed E-state index contributed by atoms with van der Waals surface area (Å²) in [6.45, 7) is 3.84. The van der Waals surface area contributed by atoms with Crippen LogP contribution in [-0.2, 0) is 31.0 Å². The van der Waals surface area contributed by atoms with Gasteiger partial charge in [0, 0.05) is 21.5 Å². The maximum atomic E-state index is 15.3. The van der Waals surface area contributed by atoms with E-state index in [1.165, 1.54) is 29.2 Å². The summed E-state index contributed by atoms with van der Waals surface area (Å²) in [5.74, 6) is -6.54. The summed E-state index contributed by atoms with van der Waals surface area (Å²) in [6.07, 6.45) is 4.21. The lowest BCUT2D eigenvalue weighted by molar-refractivity contribution is -0.138. The zero-order valence-electron chi connectivity index (χ0n) is 27.6. The first-order chi connectivity index (χ1) is 25.1. The first-order valence-corrected chi connectivity index (χ1v) is 17.7. The quantitative estimate of drug-likeness (QED) is 0.149. The second kappa shape index (κ2) is 12.8. The van der Waals surface area contributed by atoms with Crippen LogP contribution < -0.4 is 10.3 Å². The third-order valence-corrected chi connectivity index (χ3v) is 11.7. The van der Waals surface area contributed by atoms with Gasteiger partial charge in [-0.25, -0.2) is 4.39 Å². The number of benzene rings is 4.